The van der Waals surface area contributed by atoms with Gasteiger partial charge in [0.15, 0.2) is 0 Å². The zero-order valence-corrected chi connectivity index (χ0v) is 13.4. The average molecular weight is 322 g/mol. The minimum Gasteiger partial charge on any atom is -0.491 e. The highest BCUT2D eigenvalue weighted by Gasteiger charge is 2.45. The van der Waals surface area contributed by atoms with E-state index in [-0.39, 0.29) is 5.41 Å². The van der Waals surface area contributed by atoms with Gasteiger partial charge >= 0.3 is 0 Å². The van der Waals surface area contributed by atoms with Gasteiger partial charge in [-0.1, -0.05) is 0 Å². The Morgan fingerprint density at radius 2 is 2.00 bits per heavy atom. The summed E-state index contributed by atoms with van der Waals surface area (Å²) < 4.78 is 11.3. The molecule has 128 valence electrons. The lowest BCUT2D eigenvalue weighted by Gasteiger charge is -2.32. The van der Waals surface area contributed by atoms with Crippen LogP contribution in [0.15, 0.2) is 24.5 Å². The van der Waals surface area contributed by atoms with Gasteiger partial charge in [0.1, 0.15) is 5.75 Å². The van der Waals surface area contributed by atoms with Crippen molar-refractivity contribution in [1.82, 2.24) is 10.3 Å². The van der Waals surface area contributed by atoms with E-state index in [0.717, 1.165) is 32.6 Å². The third kappa shape index (κ3) is 4.41. The highest BCUT2D eigenvalue weighted by Crippen LogP contribution is 2.39. The third-order valence-corrected chi connectivity index (χ3v) is 4.89. The summed E-state index contributed by atoms with van der Waals surface area (Å²) in [5.41, 5.74) is -0.257. The number of aromatic nitrogens is 1. The van der Waals surface area contributed by atoms with Crippen LogP contribution in [-0.4, -0.2) is 59.8 Å². The molecule has 3 atom stereocenters. The van der Waals surface area contributed by atoms with E-state index in [0.29, 0.717) is 31.2 Å². The molecule has 23 heavy (non-hydrogen) atoms. The molecule has 6 heteroatoms. The van der Waals surface area contributed by atoms with Crippen molar-refractivity contribution >= 4 is 0 Å². The fourth-order valence-electron chi connectivity index (χ4n) is 3.49. The Morgan fingerprint density at radius 3 is 2.65 bits per heavy atom. The summed E-state index contributed by atoms with van der Waals surface area (Å²) in [4.78, 5) is 4.05. The molecule has 0 spiro atoms. The Kier molecular flexibility index (Phi) is 5.48. The SMILES string of the molecule is O[C@@H]1CC(CNC2CCOCC2)(COc2cccnc2)C[C@@H]1O. The maximum absolute atomic E-state index is 10.0. The van der Waals surface area contributed by atoms with Gasteiger partial charge in [-0.05, 0) is 37.8 Å². The maximum Gasteiger partial charge on any atom is 0.137 e. The van der Waals surface area contributed by atoms with Gasteiger partial charge in [0, 0.05) is 37.4 Å². The van der Waals surface area contributed by atoms with Crippen molar-refractivity contribution in [2.24, 2.45) is 5.41 Å². The molecule has 0 radical (unpaired) electrons. The van der Waals surface area contributed by atoms with E-state index in [4.69, 9.17) is 9.47 Å². The van der Waals surface area contributed by atoms with Crippen molar-refractivity contribution in [2.75, 3.05) is 26.4 Å². The fraction of sp³-hybridized carbons (Fsp3) is 0.706. The molecule has 0 aromatic carbocycles. The molecule has 2 fully saturated rings. The summed E-state index contributed by atoms with van der Waals surface area (Å²) in [6.45, 7) is 2.78. The van der Waals surface area contributed by atoms with E-state index in [1.807, 2.05) is 12.1 Å². The second-order valence-electron chi connectivity index (χ2n) is 6.79. The van der Waals surface area contributed by atoms with Gasteiger partial charge in [0.2, 0.25) is 0 Å². The number of nitrogens with one attached hydrogen (secondary N) is 1. The first-order valence-corrected chi connectivity index (χ1v) is 8.37. The van der Waals surface area contributed by atoms with E-state index in [9.17, 15) is 10.2 Å². The van der Waals surface area contributed by atoms with Gasteiger partial charge in [-0.3, -0.25) is 4.98 Å². The minimum atomic E-state index is -0.677. The third-order valence-electron chi connectivity index (χ3n) is 4.89. The van der Waals surface area contributed by atoms with Gasteiger partial charge in [-0.25, -0.2) is 0 Å². The lowest BCUT2D eigenvalue weighted by Crippen LogP contribution is -2.44. The molecule has 1 aromatic rings. The molecule has 0 bridgehead atoms. The standard InChI is InChI=1S/C17H26N2O4/c20-15-8-17(9-16(15)21,11-19-13-3-6-22-7-4-13)12-23-14-2-1-5-18-10-14/h1-2,5,10,13,15-16,19-21H,3-4,6-9,11-12H2/t15-,16+,17?. The molecular weight excluding hydrogens is 296 g/mol. The van der Waals surface area contributed by atoms with Crippen LogP contribution >= 0.6 is 0 Å². The van der Waals surface area contributed by atoms with E-state index in [2.05, 4.69) is 10.3 Å². The Labute approximate surface area is 136 Å². The predicted octanol–water partition coefficient (Wildman–Crippen LogP) is 0.731. The monoisotopic (exact) mass is 322 g/mol. The first kappa shape index (κ1) is 16.6. The van der Waals surface area contributed by atoms with E-state index in [1.165, 1.54) is 0 Å². The molecule has 2 heterocycles. The number of aliphatic hydroxyl groups is 2. The number of ether oxygens (including phenoxy) is 2. The molecule has 1 aliphatic heterocycles. The smallest absolute Gasteiger partial charge is 0.137 e. The van der Waals surface area contributed by atoms with Crippen LogP contribution < -0.4 is 10.1 Å². The highest BCUT2D eigenvalue weighted by atomic mass is 16.5. The summed E-state index contributed by atoms with van der Waals surface area (Å²) in [7, 11) is 0. The lowest BCUT2D eigenvalue weighted by molar-refractivity contribution is 0.0438. The van der Waals surface area contributed by atoms with Crippen molar-refractivity contribution in [1.29, 1.82) is 0 Å². The van der Waals surface area contributed by atoms with Crippen LogP contribution in [0, 0.1) is 5.41 Å². The summed E-state index contributed by atoms with van der Waals surface area (Å²) in [5, 5.41) is 23.6. The van der Waals surface area contributed by atoms with Crippen molar-refractivity contribution in [3.63, 3.8) is 0 Å². The van der Waals surface area contributed by atoms with Gasteiger partial charge in [0.25, 0.3) is 0 Å². The summed E-state index contributed by atoms with van der Waals surface area (Å²) in [6.07, 6.45) is 5.14. The first-order valence-electron chi connectivity index (χ1n) is 8.37. The van der Waals surface area contributed by atoms with Crippen LogP contribution in [0.2, 0.25) is 0 Å². The Morgan fingerprint density at radius 1 is 1.26 bits per heavy atom. The predicted molar refractivity (Wildman–Crippen MR) is 85.3 cm³/mol. The zero-order valence-electron chi connectivity index (χ0n) is 13.4. The molecule has 2 aliphatic rings. The number of nitrogens with zero attached hydrogens (tertiary/aromatic N) is 1. The zero-order chi connectivity index (χ0) is 16.1. The molecule has 1 aromatic heterocycles. The number of hydrogen-bond acceptors (Lipinski definition) is 6. The quantitative estimate of drug-likeness (QED) is 0.716. The summed E-state index contributed by atoms with van der Waals surface area (Å²) in [5.74, 6) is 0.717. The van der Waals surface area contributed by atoms with E-state index in [1.54, 1.807) is 12.4 Å². The van der Waals surface area contributed by atoms with Crippen LogP contribution in [0.5, 0.6) is 5.75 Å². The Balaban J connectivity index is 1.60. The van der Waals surface area contributed by atoms with Gasteiger partial charge in [-0.2, -0.15) is 0 Å². The molecule has 1 saturated heterocycles. The second-order valence-corrected chi connectivity index (χ2v) is 6.79. The number of rotatable bonds is 6. The van der Waals surface area contributed by atoms with E-state index < -0.39 is 12.2 Å². The topological polar surface area (TPSA) is 83.8 Å². The Bertz CT molecular complexity index is 469. The van der Waals surface area contributed by atoms with Crippen LogP contribution in [0.25, 0.3) is 0 Å². The van der Waals surface area contributed by atoms with Crippen molar-refractivity contribution in [3.8, 4) is 5.75 Å². The lowest BCUT2D eigenvalue weighted by atomic mass is 9.86. The molecule has 6 nitrogen and oxygen atoms in total. The van der Waals surface area contributed by atoms with Crippen molar-refractivity contribution < 1.29 is 19.7 Å². The number of pyridine rings is 1. The Hall–Kier alpha value is -1.21. The largest absolute Gasteiger partial charge is 0.491 e. The average Bonchev–Trinajstić information content (AvgIpc) is 2.88. The number of aliphatic hydroxyl groups excluding tert-OH is 2. The van der Waals surface area contributed by atoms with Gasteiger partial charge in [0.05, 0.1) is 25.0 Å². The maximum atomic E-state index is 10.0. The molecule has 0 amide bonds. The first-order chi connectivity index (χ1) is 11.2. The summed E-state index contributed by atoms with van der Waals surface area (Å²) in [6, 6.07) is 4.14. The van der Waals surface area contributed by atoms with Crippen LogP contribution in [0.4, 0.5) is 0 Å². The normalized spacial score (nSPS) is 32.1. The molecule has 3 rings (SSSR count). The molecule has 3 N–H and O–H groups in total. The van der Waals surface area contributed by atoms with Crippen molar-refractivity contribution in [2.45, 2.75) is 43.9 Å². The number of hydrogen-bond donors (Lipinski definition) is 3. The van der Waals surface area contributed by atoms with Crippen LogP contribution in [-0.2, 0) is 4.74 Å². The fourth-order valence-corrected chi connectivity index (χ4v) is 3.49. The highest BCUT2D eigenvalue weighted by molar-refractivity contribution is 5.15. The molecule has 1 aliphatic carbocycles. The minimum absolute atomic E-state index is 0.257. The molecule has 1 saturated carbocycles. The van der Waals surface area contributed by atoms with Crippen LogP contribution in [0.3, 0.4) is 0 Å². The van der Waals surface area contributed by atoms with Gasteiger partial charge in [-0.15, -0.1) is 0 Å². The summed E-state index contributed by atoms with van der Waals surface area (Å²) >= 11 is 0. The molecular formula is C17H26N2O4. The van der Waals surface area contributed by atoms with E-state index >= 15 is 0 Å². The van der Waals surface area contributed by atoms with Crippen molar-refractivity contribution in [3.05, 3.63) is 24.5 Å². The van der Waals surface area contributed by atoms with Gasteiger partial charge < -0.3 is 25.0 Å². The van der Waals surface area contributed by atoms with Crippen LogP contribution in [0.1, 0.15) is 25.7 Å². The molecule has 1 unspecified atom stereocenters. The second kappa shape index (κ2) is 7.57.